The summed E-state index contributed by atoms with van der Waals surface area (Å²) in [5.74, 6) is -0.153. The average Bonchev–Trinajstić information content (AvgIpc) is 3.48. The third kappa shape index (κ3) is 4.92. The molecule has 0 aliphatic carbocycles. The number of carbonyl (C=O) groups excluding carboxylic acids is 1. The first-order chi connectivity index (χ1) is 16.3. The van der Waals surface area contributed by atoms with Gasteiger partial charge in [0.25, 0.3) is 0 Å². The van der Waals surface area contributed by atoms with Crippen molar-refractivity contribution in [2.75, 3.05) is 6.61 Å². The lowest BCUT2D eigenvalue weighted by Crippen LogP contribution is -2.31. The van der Waals surface area contributed by atoms with Gasteiger partial charge in [0.15, 0.2) is 18.2 Å². The zero-order valence-corrected chi connectivity index (χ0v) is 18.0. The second kappa shape index (κ2) is 9.90. The Morgan fingerprint density at radius 1 is 0.758 bits per heavy atom. The molecule has 0 aromatic heterocycles. The summed E-state index contributed by atoms with van der Waals surface area (Å²) >= 11 is 0. The second-order valence-electron chi connectivity index (χ2n) is 7.82. The van der Waals surface area contributed by atoms with E-state index in [-0.39, 0.29) is 25.6 Å². The maximum atomic E-state index is 12.8. The standard InChI is InChI=1S/C27H24O6/c28-26-25(30-17-20-12-6-2-7-13-20)24(29-16-19-10-4-1-5-11-19)23(33-26)22-18-31-27(32-22)21-14-8-3-9-15-21/h1-15,22-23,27H,16-18H2/t22-,23-,27+/m0/s1. The van der Waals surface area contributed by atoms with Crippen LogP contribution in [0.4, 0.5) is 0 Å². The van der Waals surface area contributed by atoms with Crippen LogP contribution in [-0.2, 0) is 41.7 Å². The van der Waals surface area contributed by atoms with Crippen LogP contribution < -0.4 is 0 Å². The molecule has 0 bridgehead atoms. The van der Waals surface area contributed by atoms with Crippen molar-refractivity contribution < 1.29 is 28.5 Å². The molecule has 0 N–H and O–H groups in total. The minimum atomic E-state index is -0.749. The van der Waals surface area contributed by atoms with Gasteiger partial charge >= 0.3 is 5.97 Å². The van der Waals surface area contributed by atoms with Crippen molar-refractivity contribution in [1.82, 2.24) is 0 Å². The molecule has 2 aliphatic heterocycles. The SMILES string of the molecule is O=C1O[C@@H]([C@@H]2CO[C@@H](c3ccccc3)O2)C(OCc2ccccc2)=C1OCc1ccccc1. The quantitative estimate of drug-likeness (QED) is 0.471. The third-order valence-corrected chi connectivity index (χ3v) is 5.48. The maximum Gasteiger partial charge on any atom is 0.378 e. The van der Waals surface area contributed by atoms with Gasteiger partial charge in [0.2, 0.25) is 5.76 Å². The van der Waals surface area contributed by atoms with Crippen LogP contribution >= 0.6 is 0 Å². The molecule has 0 unspecified atom stereocenters. The Hall–Kier alpha value is -3.61. The highest BCUT2D eigenvalue weighted by atomic mass is 16.7. The topological polar surface area (TPSA) is 63.2 Å². The van der Waals surface area contributed by atoms with Crippen LogP contribution in [0.1, 0.15) is 23.0 Å². The van der Waals surface area contributed by atoms with Gasteiger partial charge in [-0.15, -0.1) is 0 Å². The number of benzene rings is 3. The van der Waals surface area contributed by atoms with Gasteiger partial charge in [0.05, 0.1) is 6.61 Å². The Bertz CT molecular complexity index is 1100. The van der Waals surface area contributed by atoms with E-state index < -0.39 is 24.5 Å². The third-order valence-electron chi connectivity index (χ3n) is 5.48. The fraction of sp³-hybridized carbons (Fsp3) is 0.222. The highest BCUT2D eigenvalue weighted by molar-refractivity contribution is 5.89. The number of rotatable bonds is 8. The van der Waals surface area contributed by atoms with Crippen LogP contribution in [0.3, 0.4) is 0 Å². The van der Waals surface area contributed by atoms with Crippen molar-refractivity contribution in [3.05, 3.63) is 119 Å². The van der Waals surface area contributed by atoms with E-state index >= 15 is 0 Å². The number of carbonyl (C=O) groups is 1. The molecular formula is C27H24O6. The van der Waals surface area contributed by atoms with Crippen LogP contribution in [0.5, 0.6) is 0 Å². The van der Waals surface area contributed by atoms with Gasteiger partial charge in [-0.1, -0.05) is 91.0 Å². The summed E-state index contributed by atoms with van der Waals surface area (Å²) in [6, 6.07) is 29.0. The van der Waals surface area contributed by atoms with Crippen LogP contribution in [-0.4, -0.2) is 24.8 Å². The molecule has 3 aromatic rings. The molecule has 0 spiro atoms. The highest BCUT2D eigenvalue weighted by Gasteiger charge is 2.46. The summed E-state index contributed by atoms with van der Waals surface area (Å²) in [5.41, 5.74) is 2.81. The van der Waals surface area contributed by atoms with Crippen molar-refractivity contribution >= 4 is 5.97 Å². The minimum absolute atomic E-state index is 0.0755. The molecular weight excluding hydrogens is 420 g/mol. The van der Waals surface area contributed by atoms with Gasteiger partial charge < -0.3 is 23.7 Å². The van der Waals surface area contributed by atoms with Gasteiger partial charge in [0.1, 0.15) is 19.3 Å². The summed E-state index contributed by atoms with van der Waals surface area (Å²) < 4.78 is 29.6. The molecule has 1 saturated heterocycles. The molecule has 2 aliphatic rings. The monoisotopic (exact) mass is 444 g/mol. The van der Waals surface area contributed by atoms with Crippen molar-refractivity contribution in [3.8, 4) is 0 Å². The molecule has 2 heterocycles. The Morgan fingerprint density at radius 2 is 1.33 bits per heavy atom. The van der Waals surface area contributed by atoms with E-state index in [4.69, 9.17) is 23.7 Å². The van der Waals surface area contributed by atoms with Crippen molar-refractivity contribution in [2.45, 2.75) is 31.7 Å². The van der Waals surface area contributed by atoms with Crippen molar-refractivity contribution in [2.24, 2.45) is 0 Å². The average molecular weight is 444 g/mol. The van der Waals surface area contributed by atoms with E-state index in [0.717, 1.165) is 16.7 Å². The van der Waals surface area contributed by atoms with E-state index in [9.17, 15) is 4.79 Å². The zero-order valence-electron chi connectivity index (χ0n) is 18.0. The van der Waals surface area contributed by atoms with Crippen molar-refractivity contribution in [1.29, 1.82) is 0 Å². The predicted octanol–water partition coefficient (Wildman–Crippen LogP) is 4.67. The molecule has 1 fully saturated rings. The first-order valence-electron chi connectivity index (χ1n) is 10.9. The van der Waals surface area contributed by atoms with Gasteiger partial charge in [-0.05, 0) is 11.1 Å². The smallest absolute Gasteiger partial charge is 0.378 e. The first kappa shape index (κ1) is 21.2. The Morgan fingerprint density at radius 3 is 1.97 bits per heavy atom. The van der Waals surface area contributed by atoms with Crippen LogP contribution in [0, 0.1) is 0 Å². The van der Waals surface area contributed by atoms with E-state index in [2.05, 4.69) is 0 Å². The predicted molar refractivity (Wildman–Crippen MR) is 119 cm³/mol. The van der Waals surface area contributed by atoms with Crippen molar-refractivity contribution in [3.63, 3.8) is 0 Å². The molecule has 6 heteroatoms. The highest BCUT2D eigenvalue weighted by Crippen LogP contribution is 2.36. The molecule has 33 heavy (non-hydrogen) atoms. The Kier molecular flexibility index (Phi) is 6.37. The van der Waals surface area contributed by atoms with Gasteiger partial charge in [-0.25, -0.2) is 4.79 Å². The van der Waals surface area contributed by atoms with Gasteiger partial charge in [0, 0.05) is 5.56 Å². The molecule has 3 aromatic carbocycles. The first-order valence-corrected chi connectivity index (χ1v) is 10.9. The number of esters is 1. The molecule has 0 amide bonds. The fourth-order valence-electron chi connectivity index (χ4n) is 3.80. The largest absolute Gasteiger partial charge is 0.485 e. The summed E-state index contributed by atoms with van der Waals surface area (Å²) in [7, 11) is 0. The van der Waals surface area contributed by atoms with Crippen LogP contribution in [0.25, 0.3) is 0 Å². The van der Waals surface area contributed by atoms with E-state index in [1.807, 2.05) is 91.0 Å². The zero-order chi connectivity index (χ0) is 22.5. The lowest BCUT2D eigenvalue weighted by molar-refractivity contribution is -0.150. The number of hydrogen-bond donors (Lipinski definition) is 0. The van der Waals surface area contributed by atoms with E-state index in [0.29, 0.717) is 5.76 Å². The number of cyclic esters (lactones) is 1. The molecule has 0 radical (unpaired) electrons. The summed E-state index contributed by atoms with van der Waals surface area (Å²) in [4.78, 5) is 12.8. The summed E-state index contributed by atoms with van der Waals surface area (Å²) in [5, 5.41) is 0. The van der Waals surface area contributed by atoms with Crippen LogP contribution in [0.15, 0.2) is 103 Å². The number of ether oxygens (including phenoxy) is 5. The molecule has 5 rings (SSSR count). The molecule has 0 saturated carbocycles. The fourth-order valence-corrected chi connectivity index (χ4v) is 3.80. The molecule has 168 valence electrons. The van der Waals surface area contributed by atoms with E-state index in [1.165, 1.54) is 0 Å². The minimum Gasteiger partial charge on any atom is -0.485 e. The molecule has 6 nitrogen and oxygen atoms in total. The van der Waals surface area contributed by atoms with Crippen LogP contribution in [0.2, 0.25) is 0 Å². The second-order valence-corrected chi connectivity index (χ2v) is 7.82. The van der Waals surface area contributed by atoms with E-state index in [1.54, 1.807) is 0 Å². The summed E-state index contributed by atoms with van der Waals surface area (Å²) in [6.45, 7) is 0.768. The number of hydrogen-bond acceptors (Lipinski definition) is 6. The lowest BCUT2D eigenvalue weighted by Gasteiger charge is -2.20. The Labute approximate surface area is 192 Å². The maximum absolute atomic E-state index is 12.8. The molecule has 3 atom stereocenters. The van der Waals surface area contributed by atoms with Gasteiger partial charge in [-0.3, -0.25) is 0 Å². The lowest BCUT2D eigenvalue weighted by atomic mass is 10.1. The Balaban J connectivity index is 1.36. The van der Waals surface area contributed by atoms with Gasteiger partial charge in [-0.2, -0.15) is 0 Å². The normalized spacial score (nSPS) is 22.3. The summed E-state index contributed by atoms with van der Waals surface area (Å²) in [6.07, 6.45) is -1.79.